The number of amides is 1. The van der Waals surface area contributed by atoms with Crippen molar-refractivity contribution in [3.8, 4) is 5.95 Å². The van der Waals surface area contributed by atoms with Crippen LogP contribution in [0.15, 0.2) is 18.7 Å². The number of hydrogen-bond donors (Lipinski definition) is 1. The quantitative estimate of drug-likeness (QED) is 0.742. The van der Waals surface area contributed by atoms with Gasteiger partial charge in [-0.15, -0.1) is 0 Å². The lowest BCUT2D eigenvalue weighted by atomic mass is 10.3. The van der Waals surface area contributed by atoms with E-state index in [0.717, 1.165) is 0 Å². The Balaban J connectivity index is 1.92. The molecule has 0 aliphatic carbocycles. The van der Waals surface area contributed by atoms with Gasteiger partial charge in [0.2, 0.25) is 23.8 Å². The summed E-state index contributed by atoms with van der Waals surface area (Å²) in [6, 6.07) is 0. The average Bonchev–Trinajstić information content (AvgIpc) is 2.95. The van der Waals surface area contributed by atoms with E-state index in [0.29, 0.717) is 25.0 Å². The van der Waals surface area contributed by atoms with Crippen molar-refractivity contribution >= 4 is 17.8 Å². The normalized spacial score (nSPS) is 15.8. The first-order valence-electron chi connectivity index (χ1n) is 6.12. The maximum absolute atomic E-state index is 11.7. The van der Waals surface area contributed by atoms with Crippen LogP contribution in [0.5, 0.6) is 0 Å². The molecule has 1 amide bonds. The van der Waals surface area contributed by atoms with Gasteiger partial charge < -0.3 is 15.5 Å². The fourth-order valence-corrected chi connectivity index (χ4v) is 1.93. The first kappa shape index (κ1) is 12.3. The van der Waals surface area contributed by atoms with Crippen molar-refractivity contribution < 1.29 is 4.79 Å². The highest BCUT2D eigenvalue weighted by atomic mass is 16.2. The zero-order valence-corrected chi connectivity index (χ0v) is 11.0. The Morgan fingerprint density at radius 2 is 2.00 bits per heavy atom. The highest BCUT2D eigenvalue weighted by molar-refractivity contribution is 5.81. The van der Waals surface area contributed by atoms with Crippen molar-refractivity contribution in [3.05, 3.63) is 18.7 Å². The molecule has 1 saturated heterocycles. The van der Waals surface area contributed by atoms with Crippen LogP contribution < -0.4 is 10.6 Å². The van der Waals surface area contributed by atoms with Gasteiger partial charge in [0.05, 0.1) is 6.54 Å². The standard InChI is InChI=1S/C11H14N8O/c1-17-4-5-18(6-8(17)20)10-14-9(12)15-11(16-10)19-3-2-13-7-19/h2-3,7H,4-6H2,1H3,(H2,12,14,15,16). The maximum atomic E-state index is 11.7. The van der Waals surface area contributed by atoms with Crippen LogP contribution in [-0.4, -0.2) is 62.0 Å². The fourth-order valence-electron chi connectivity index (χ4n) is 1.93. The van der Waals surface area contributed by atoms with Crippen molar-refractivity contribution in [1.82, 2.24) is 29.4 Å². The minimum atomic E-state index is 0.0272. The molecule has 0 radical (unpaired) electrons. The van der Waals surface area contributed by atoms with E-state index in [1.165, 1.54) is 0 Å². The third kappa shape index (κ3) is 2.25. The second kappa shape index (κ2) is 4.76. The summed E-state index contributed by atoms with van der Waals surface area (Å²) in [5.74, 6) is 0.934. The van der Waals surface area contributed by atoms with Gasteiger partial charge in [0.1, 0.15) is 6.33 Å². The van der Waals surface area contributed by atoms with Crippen LogP contribution in [-0.2, 0) is 4.79 Å². The van der Waals surface area contributed by atoms with Crippen LogP contribution in [0, 0.1) is 0 Å². The molecule has 104 valence electrons. The lowest BCUT2D eigenvalue weighted by molar-refractivity contribution is -0.129. The molecule has 0 saturated carbocycles. The minimum absolute atomic E-state index is 0.0272. The zero-order chi connectivity index (χ0) is 14.1. The van der Waals surface area contributed by atoms with Gasteiger partial charge in [-0.05, 0) is 0 Å². The molecule has 0 spiro atoms. The molecule has 0 unspecified atom stereocenters. The van der Waals surface area contributed by atoms with Crippen LogP contribution >= 0.6 is 0 Å². The molecule has 1 aliphatic rings. The summed E-state index contributed by atoms with van der Waals surface area (Å²) >= 11 is 0. The Hall–Kier alpha value is -2.71. The molecule has 2 aromatic rings. The Bertz CT molecular complexity index is 625. The minimum Gasteiger partial charge on any atom is -0.368 e. The fraction of sp³-hybridized carbons (Fsp3) is 0.364. The molecular weight excluding hydrogens is 260 g/mol. The number of piperazine rings is 1. The number of likely N-dealkylation sites (N-methyl/N-ethyl adjacent to an activating group) is 1. The molecule has 2 aromatic heterocycles. The van der Waals surface area contributed by atoms with E-state index in [-0.39, 0.29) is 18.4 Å². The third-order valence-corrected chi connectivity index (χ3v) is 3.10. The van der Waals surface area contributed by atoms with Crippen molar-refractivity contribution in [2.45, 2.75) is 0 Å². The van der Waals surface area contributed by atoms with E-state index in [1.807, 2.05) is 0 Å². The largest absolute Gasteiger partial charge is 0.368 e. The first-order chi connectivity index (χ1) is 9.63. The van der Waals surface area contributed by atoms with Crippen molar-refractivity contribution in [1.29, 1.82) is 0 Å². The van der Waals surface area contributed by atoms with Gasteiger partial charge in [-0.1, -0.05) is 0 Å². The van der Waals surface area contributed by atoms with Crippen LogP contribution in [0.25, 0.3) is 5.95 Å². The maximum Gasteiger partial charge on any atom is 0.242 e. The van der Waals surface area contributed by atoms with Crippen LogP contribution in [0.1, 0.15) is 0 Å². The van der Waals surface area contributed by atoms with Gasteiger partial charge in [0, 0.05) is 32.5 Å². The van der Waals surface area contributed by atoms with Crippen LogP contribution in [0.2, 0.25) is 0 Å². The van der Waals surface area contributed by atoms with E-state index in [2.05, 4.69) is 19.9 Å². The molecule has 20 heavy (non-hydrogen) atoms. The summed E-state index contributed by atoms with van der Waals surface area (Å²) in [5.41, 5.74) is 5.72. The third-order valence-electron chi connectivity index (χ3n) is 3.10. The lowest BCUT2D eigenvalue weighted by Gasteiger charge is -2.31. The summed E-state index contributed by atoms with van der Waals surface area (Å²) in [7, 11) is 1.78. The summed E-state index contributed by atoms with van der Waals surface area (Å²) in [5, 5.41) is 0. The van der Waals surface area contributed by atoms with Gasteiger partial charge >= 0.3 is 0 Å². The Morgan fingerprint density at radius 1 is 1.20 bits per heavy atom. The van der Waals surface area contributed by atoms with Gasteiger partial charge in [0.15, 0.2) is 0 Å². The van der Waals surface area contributed by atoms with Gasteiger partial charge in [-0.25, -0.2) is 4.98 Å². The number of carbonyl (C=O) groups excluding carboxylic acids is 1. The topological polar surface area (TPSA) is 106 Å². The van der Waals surface area contributed by atoms with Crippen molar-refractivity contribution in [2.24, 2.45) is 0 Å². The summed E-state index contributed by atoms with van der Waals surface area (Å²) < 4.78 is 1.64. The predicted octanol–water partition coefficient (Wildman–Crippen LogP) is -1.08. The van der Waals surface area contributed by atoms with Gasteiger partial charge in [-0.3, -0.25) is 9.36 Å². The molecule has 3 rings (SSSR count). The summed E-state index contributed by atoms with van der Waals surface area (Å²) in [6.07, 6.45) is 4.92. The van der Waals surface area contributed by atoms with Gasteiger partial charge in [-0.2, -0.15) is 15.0 Å². The number of rotatable bonds is 2. The summed E-state index contributed by atoms with van der Waals surface area (Å²) in [4.78, 5) is 31.7. The summed E-state index contributed by atoms with van der Waals surface area (Å²) in [6.45, 7) is 1.53. The van der Waals surface area contributed by atoms with E-state index in [1.54, 1.807) is 40.1 Å². The molecule has 9 nitrogen and oxygen atoms in total. The SMILES string of the molecule is CN1CCN(c2nc(N)nc(-n3ccnc3)n2)CC1=O. The Kier molecular flexibility index (Phi) is 2.93. The molecular formula is C11H14N8O. The molecule has 0 bridgehead atoms. The second-order valence-corrected chi connectivity index (χ2v) is 4.50. The molecule has 0 atom stereocenters. The smallest absolute Gasteiger partial charge is 0.242 e. The highest BCUT2D eigenvalue weighted by Gasteiger charge is 2.23. The molecule has 3 heterocycles. The molecule has 9 heteroatoms. The predicted molar refractivity (Wildman–Crippen MR) is 71.2 cm³/mol. The van der Waals surface area contributed by atoms with Gasteiger partial charge in [0.25, 0.3) is 0 Å². The second-order valence-electron chi connectivity index (χ2n) is 4.50. The average molecular weight is 274 g/mol. The molecule has 1 fully saturated rings. The zero-order valence-electron chi connectivity index (χ0n) is 11.0. The number of hydrogen-bond acceptors (Lipinski definition) is 7. The number of carbonyl (C=O) groups is 1. The lowest BCUT2D eigenvalue weighted by Crippen LogP contribution is -2.49. The highest BCUT2D eigenvalue weighted by Crippen LogP contribution is 2.14. The van der Waals surface area contributed by atoms with Crippen LogP contribution in [0.3, 0.4) is 0 Å². The number of aromatic nitrogens is 5. The number of nitrogen functional groups attached to an aromatic ring is 1. The monoisotopic (exact) mass is 274 g/mol. The molecule has 1 aliphatic heterocycles. The number of nitrogens with two attached hydrogens (primary N) is 1. The Morgan fingerprint density at radius 3 is 2.70 bits per heavy atom. The number of imidazole rings is 1. The van der Waals surface area contributed by atoms with E-state index in [4.69, 9.17) is 5.73 Å². The number of nitrogens with zero attached hydrogens (tertiary/aromatic N) is 7. The van der Waals surface area contributed by atoms with E-state index < -0.39 is 0 Å². The van der Waals surface area contributed by atoms with E-state index in [9.17, 15) is 4.79 Å². The Labute approximate surface area is 115 Å². The van der Waals surface area contributed by atoms with Crippen LogP contribution in [0.4, 0.5) is 11.9 Å². The number of anilines is 2. The first-order valence-corrected chi connectivity index (χ1v) is 6.12. The molecule has 0 aromatic carbocycles. The van der Waals surface area contributed by atoms with E-state index >= 15 is 0 Å². The van der Waals surface area contributed by atoms with Crippen molar-refractivity contribution in [3.63, 3.8) is 0 Å². The molecule has 2 N–H and O–H groups in total. The van der Waals surface area contributed by atoms with Crippen molar-refractivity contribution in [2.75, 3.05) is 37.3 Å².